The van der Waals surface area contributed by atoms with Crippen molar-refractivity contribution in [1.82, 2.24) is 10.4 Å². The average Bonchev–Trinajstić information content (AvgIpc) is 2.80. The fourth-order valence-electron chi connectivity index (χ4n) is 2.79. The molecule has 0 atom stereocenters. The molecule has 0 saturated carbocycles. The van der Waals surface area contributed by atoms with Crippen LogP contribution in [0.1, 0.15) is 28.7 Å². The molecule has 4 N–H and O–H groups in total. The van der Waals surface area contributed by atoms with Crippen LogP contribution in [0.25, 0.3) is 17.7 Å². The normalized spacial score (nSPS) is 11.2. The molecule has 0 aliphatic heterocycles. The Morgan fingerprint density at radius 3 is 1.89 bits per heavy atom. The molecule has 144 valence electrons. The van der Waals surface area contributed by atoms with Gasteiger partial charge in [0.05, 0.1) is 0 Å². The minimum absolute atomic E-state index is 0. The lowest BCUT2D eigenvalue weighted by atomic mass is 9.93. The van der Waals surface area contributed by atoms with E-state index in [2.05, 4.69) is 91.5 Å². The maximum atomic E-state index is 9.23. The van der Waals surface area contributed by atoms with Gasteiger partial charge >= 0.3 is 6.03 Å². The predicted octanol–water partition coefficient (Wildman–Crippen LogP) is 4.02. The molecular formula is C21H26ClN3O2. The fourth-order valence-corrected chi connectivity index (χ4v) is 2.79. The molecule has 1 aliphatic carbocycles. The zero-order valence-corrected chi connectivity index (χ0v) is 16.4. The van der Waals surface area contributed by atoms with E-state index in [1.54, 1.807) is 0 Å². The number of amides is 2. The molecule has 27 heavy (non-hydrogen) atoms. The van der Waals surface area contributed by atoms with Crippen LogP contribution < -0.4 is 11.2 Å². The number of nitrogens with two attached hydrogens (primary N) is 1. The summed E-state index contributed by atoms with van der Waals surface area (Å²) in [5.74, 6) is 0. The van der Waals surface area contributed by atoms with Crippen molar-refractivity contribution in [2.45, 2.75) is 6.42 Å². The number of hydrogen-bond acceptors (Lipinski definition) is 3. The van der Waals surface area contributed by atoms with Crippen molar-refractivity contribution >= 4 is 36.2 Å². The number of nitrogens with one attached hydrogen (secondary N) is 1. The van der Waals surface area contributed by atoms with Gasteiger partial charge in [0.1, 0.15) is 0 Å². The number of hydroxylamine groups is 1. The van der Waals surface area contributed by atoms with E-state index < -0.39 is 6.03 Å². The van der Waals surface area contributed by atoms with Gasteiger partial charge in [-0.25, -0.2) is 10.3 Å². The number of primary amides is 1. The fraction of sp³-hybridized carbons (Fsp3) is 0.190. The maximum Gasteiger partial charge on any atom is 0.335 e. The molecule has 6 heteroatoms. The lowest BCUT2D eigenvalue weighted by Gasteiger charge is -2.13. The highest BCUT2D eigenvalue weighted by Crippen LogP contribution is 2.33. The Kier molecular flexibility index (Phi) is 9.30. The first-order chi connectivity index (χ1) is 12.5. The van der Waals surface area contributed by atoms with Gasteiger partial charge in [-0.05, 0) is 48.3 Å². The zero-order chi connectivity index (χ0) is 18.9. The SMILES string of the molecule is CN(C)CCC=C1c2ccccc2C=Cc2ccccc21.Cl.NC(=O)NO. The second-order valence-corrected chi connectivity index (χ2v) is 6.19. The van der Waals surface area contributed by atoms with Crippen molar-refractivity contribution in [1.29, 1.82) is 0 Å². The van der Waals surface area contributed by atoms with Gasteiger partial charge in [-0.15, -0.1) is 12.4 Å². The Bertz CT molecular complexity index is 765. The summed E-state index contributed by atoms with van der Waals surface area (Å²) in [4.78, 5) is 11.5. The van der Waals surface area contributed by atoms with Crippen molar-refractivity contribution < 1.29 is 10.0 Å². The number of halogens is 1. The van der Waals surface area contributed by atoms with Crippen LogP contribution in [0.2, 0.25) is 0 Å². The molecule has 3 rings (SSSR count). The molecule has 0 aromatic heterocycles. The van der Waals surface area contributed by atoms with Gasteiger partial charge in [-0.2, -0.15) is 0 Å². The van der Waals surface area contributed by atoms with E-state index in [0.29, 0.717) is 0 Å². The van der Waals surface area contributed by atoms with E-state index in [1.807, 2.05) is 0 Å². The highest BCUT2D eigenvalue weighted by molar-refractivity contribution is 5.93. The van der Waals surface area contributed by atoms with Crippen LogP contribution in [0.5, 0.6) is 0 Å². The lowest BCUT2D eigenvalue weighted by Crippen LogP contribution is -2.25. The van der Waals surface area contributed by atoms with Gasteiger partial charge in [0.25, 0.3) is 0 Å². The van der Waals surface area contributed by atoms with Crippen molar-refractivity contribution in [3.8, 4) is 0 Å². The van der Waals surface area contributed by atoms with Crippen molar-refractivity contribution in [2.75, 3.05) is 20.6 Å². The molecule has 2 aromatic rings. The number of hydrogen-bond donors (Lipinski definition) is 3. The molecule has 0 saturated heterocycles. The second kappa shape index (κ2) is 11.2. The van der Waals surface area contributed by atoms with Crippen molar-refractivity contribution in [3.05, 3.63) is 76.9 Å². The summed E-state index contributed by atoms with van der Waals surface area (Å²) in [6.45, 7) is 1.07. The third kappa shape index (κ3) is 6.57. The Morgan fingerprint density at radius 2 is 1.48 bits per heavy atom. The monoisotopic (exact) mass is 387 g/mol. The Labute approximate surface area is 166 Å². The number of benzene rings is 2. The topological polar surface area (TPSA) is 78.6 Å². The summed E-state index contributed by atoms with van der Waals surface area (Å²) in [5, 5.41) is 7.42. The number of fused-ring (bicyclic) bond motifs is 2. The van der Waals surface area contributed by atoms with E-state index in [4.69, 9.17) is 5.21 Å². The molecular weight excluding hydrogens is 362 g/mol. The zero-order valence-electron chi connectivity index (χ0n) is 15.6. The third-order valence-corrected chi connectivity index (χ3v) is 3.98. The molecule has 5 nitrogen and oxygen atoms in total. The van der Waals surface area contributed by atoms with Crippen molar-refractivity contribution in [2.24, 2.45) is 5.73 Å². The minimum Gasteiger partial charge on any atom is -0.350 e. The molecule has 0 spiro atoms. The first-order valence-corrected chi connectivity index (χ1v) is 8.44. The van der Waals surface area contributed by atoms with Crippen LogP contribution in [0.3, 0.4) is 0 Å². The Balaban J connectivity index is 0.000000542. The van der Waals surface area contributed by atoms with E-state index in [9.17, 15) is 4.79 Å². The lowest BCUT2D eigenvalue weighted by molar-refractivity contribution is 0.169. The van der Waals surface area contributed by atoms with Gasteiger partial charge in [0.15, 0.2) is 0 Å². The predicted molar refractivity (Wildman–Crippen MR) is 114 cm³/mol. The summed E-state index contributed by atoms with van der Waals surface area (Å²) in [5.41, 5.74) is 12.1. The van der Waals surface area contributed by atoms with Crippen LogP contribution >= 0.6 is 12.4 Å². The first-order valence-electron chi connectivity index (χ1n) is 8.44. The van der Waals surface area contributed by atoms with Crippen LogP contribution in [0.4, 0.5) is 4.79 Å². The van der Waals surface area contributed by atoms with E-state index in [0.717, 1.165) is 13.0 Å². The standard InChI is InChI=1S/C20H21N.CH4N2O2.ClH/c1-21(2)15-7-12-20-18-10-5-3-8-16(18)13-14-17-9-4-6-11-19(17)20;2-1(4)3-5;/h3-6,8-14H,7,15H2,1-2H3;5H,(H3,2,3,4);1H. The first kappa shape index (κ1) is 22.4. The summed E-state index contributed by atoms with van der Waals surface area (Å²) in [6.07, 6.45) is 7.89. The van der Waals surface area contributed by atoms with Crippen molar-refractivity contribution in [3.63, 3.8) is 0 Å². The molecule has 2 amide bonds. The van der Waals surface area contributed by atoms with E-state index >= 15 is 0 Å². The molecule has 0 bridgehead atoms. The Hall–Kier alpha value is -2.60. The third-order valence-electron chi connectivity index (χ3n) is 3.98. The molecule has 0 radical (unpaired) electrons. The van der Waals surface area contributed by atoms with E-state index in [1.165, 1.54) is 33.3 Å². The van der Waals surface area contributed by atoms with Crippen LogP contribution in [-0.2, 0) is 0 Å². The number of carbonyl (C=O) groups is 1. The van der Waals surface area contributed by atoms with Crippen LogP contribution in [-0.4, -0.2) is 36.8 Å². The van der Waals surface area contributed by atoms with Gasteiger partial charge in [0.2, 0.25) is 0 Å². The number of nitrogens with zero attached hydrogens (tertiary/aromatic N) is 1. The summed E-state index contributed by atoms with van der Waals surface area (Å²) >= 11 is 0. The molecule has 1 aliphatic rings. The van der Waals surface area contributed by atoms with Crippen LogP contribution in [0.15, 0.2) is 54.6 Å². The van der Waals surface area contributed by atoms with Gasteiger partial charge in [0, 0.05) is 6.54 Å². The largest absolute Gasteiger partial charge is 0.350 e. The number of carbonyl (C=O) groups excluding carboxylic acids is 1. The molecule has 0 fully saturated rings. The number of urea groups is 1. The molecule has 0 heterocycles. The minimum atomic E-state index is -0.940. The van der Waals surface area contributed by atoms with Gasteiger partial charge < -0.3 is 10.6 Å². The Morgan fingerprint density at radius 1 is 1.04 bits per heavy atom. The van der Waals surface area contributed by atoms with E-state index in [-0.39, 0.29) is 12.4 Å². The molecule has 0 unspecified atom stereocenters. The summed E-state index contributed by atoms with van der Waals surface area (Å²) in [7, 11) is 4.24. The summed E-state index contributed by atoms with van der Waals surface area (Å²) < 4.78 is 0. The average molecular weight is 388 g/mol. The highest BCUT2D eigenvalue weighted by Gasteiger charge is 2.13. The smallest absolute Gasteiger partial charge is 0.335 e. The number of rotatable bonds is 3. The summed E-state index contributed by atoms with van der Waals surface area (Å²) in [6, 6.07) is 16.4. The molecule has 2 aromatic carbocycles. The van der Waals surface area contributed by atoms with Crippen LogP contribution in [0, 0.1) is 0 Å². The quantitative estimate of drug-likeness (QED) is 0.469. The maximum absolute atomic E-state index is 9.23. The highest BCUT2D eigenvalue weighted by atomic mass is 35.5. The second-order valence-electron chi connectivity index (χ2n) is 6.19. The van der Waals surface area contributed by atoms with Gasteiger partial charge in [-0.3, -0.25) is 5.21 Å². The van der Waals surface area contributed by atoms with Gasteiger partial charge in [-0.1, -0.05) is 66.8 Å².